The molecule has 27 heavy (non-hydrogen) atoms. The summed E-state index contributed by atoms with van der Waals surface area (Å²) in [6.07, 6.45) is 0. The summed E-state index contributed by atoms with van der Waals surface area (Å²) in [6, 6.07) is 12.4. The molecule has 140 valence electrons. The Labute approximate surface area is 176 Å². The Kier molecular flexibility index (Phi) is 6.04. The molecule has 0 spiro atoms. The van der Waals surface area contributed by atoms with Gasteiger partial charge < -0.3 is 20.7 Å². The normalized spacial score (nSPS) is 16.4. The minimum Gasteiger partial charge on any atom is -0.495 e. The number of benzene rings is 2. The fraction of sp³-hybridized carbons (Fsp3) is 0.158. The third kappa shape index (κ3) is 4.43. The minimum atomic E-state index is -0.370. The van der Waals surface area contributed by atoms with E-state index in [9.17, 15) is 4.79 Å². The van der Waals surface area contributed by atoms with E-state index in [1.807, 2.05) is 31.2 Å². The first kappa shape index (κ1) is 19.7. The van der Waals surface area contributed by atoms with Crippen LogP contribution >= 0.6 is 39.7 Å². The van der Waals surface area contributed by atoms with Gasteiger partial charge in [-0.05, 0) is 49.0 Å². The van der Waals surface area contributed by atoms with Crippen LogP contribution in [0.5, 0.6) is 5.75 Å². The van der Waals surface area contributed by atoms with Gasteiger partial charge in [-0.15, -0.1) is 0 Å². The number of nitrogens with one attached hydrogen (secondary N) is 3. The van der Waals surface area contributed by atoms with Crippen LogP contribution in [0.15, 0.2) is 58.2 Å². The van der Waals surface area contributed by atoms with E-state index in [-0.39, 0.29) is 11.9 Å². The summed E-state index contributed by atoms with van der Waals surface area (Å²) in [5.74, 6) is 0.227. The Bertz CT molecular complexity index is 931. The lowest BCUT2D eigenvalue weighted by Gasteiger charge is -2.30. The van der Waals surface area contributed by atoms with Crippen LogP contribution in [0.3, 0.4) is 0 Å². The predicted molar refractivity (Wildman–Crippen MR) is 115 cm³/mol. The Morgan fingerprint density at radius 3 is 2.63 bits per heavy atom. The van der Waals surface area contributed by atoms with E-state index in [2.05, 4.69) is 31.9 Å². The molecule has 0 radical (unpaired) electrons. The molecule has 0 aromatic heterocycles. The van der Waals surface area contributed by atoms with Crippen molar-refractivity contribution >= 4 is 56.5 Å². The number of amides is 1. The molecule has 1 unspecified atom stereocenters. The lowest BCUT2D eigenvalue weighted by Crippen LogP contribution is -2.45. The Morgan fingerprint density at radius 1 is 1.26 bits per heavy atom. The van der Waals surface area contributed by atoms with Crippen molar-refractivity contribution in [2.24, 2.45) is 0 Å². The van der Waals surface area contributed by atoms with Gasteiger partial charge in [0.25, 0.3) is 5.91 Å². The van der Waals surface area contributed by atoms with Crippen LogP contribution < -0.4 is 20.7 Å². The Morgan fingerprint density at radius 2 is 1.96 bits per heavy atom. The van der Waals surface area contributed by atoms with Gasteiger partial charge in [-0.3, -0.25) is 4.79 Å². The van der Waals surface area contributed by atoms with Gasteiger partial charge in [0.05, 0.1) is 24.4 Å². The summed E-state index contributed by atoms with van der Waals surface area (Å²) >= 11 is 14.7. The number of anilines is 1. The van der Waals surface area contributed by atoms with Crippen LogP contribution in [0.25, 0.3) is 0 Å². The first-order valence-corrected chi connectivity index (χ1v) is 9.65. The molecule has 0 saturated heterocycles. The summed E-state index contributed by atoms with van der Waals surface area (Å²) in [5.41, 5.74) is 2.70. The maximum Gasteiger partial charge on any atom is 0.255 e. The maximum atomic E-state index is 13.1. The number of thiocarbonyl (C=S) groups is 1. The molecule has 8 heteroatoms. The molecule has 1 aliphatic rings. The highest BCUT2D eigenvalue weighted by molar-refractivity contribution is 9.10. The molecule has 1 heterocycles. The first-order valence-electron chi connectivity index (χ1n) is 8.07. The second-order valence-electron chi connectivity index (χ2n) is 5.92. The number of ether oxygens (including phenoxy) is 1. The van der Waals surface area contributed by atoms with Crippen molar-refractivity contribution in [1.82, 2.24) is 10.6 Å². The zero-order chi connectivity index (χ0) is 19.6. The van der Waals surface area contributed by atoms with Gasteiger partial charge in [0.2, 0.25) is 0 Å². The van der Waals surface area contributed by atoms with E-state index in [4.69, 9.17) is 28.6 Å². The topological polar surface area (TPSA) is 62.4 Å². The van der Waals surface area contributed by atoms with Crippen molar-refractivity contribution < 1.29 is 9.53 Å². The van der Waals surface area contributed by atoms with Crippen molar-refractivity contribution in [3.63, 3.8) is 0 Å². The zero-order valence-electron chi connectivity index (χ0n) is 14.6. The van der Waals surface area contributed by atoms with Gasteiger partial charge in [-0.2, -0.15) is 0 Å². The minimum absolute atomic E-state index is 0.261. The molecule has 3 rings (SSSR count). The average Bonchev–Trinajstić information content (AvgIpc) is 2.63. The van der Waals surface area contributed by atoms with E-state index in [0.717, 1.165) is 10.0 Å². The molecule has 2 aromatic carbocycles. The second kappa shape index (κ2) is 8.29. The van der Waals surface area contributed by atoms with Crippen molar-refractivity contribution in [1.29, 1.82) is 0 Å². The fourth-order valence-electron chi connectivity index (χ4n) is 2.86. The molecule has 1 amide bonds. The number of carbonyl (C=O) groups is 1. The van der Waals surface area contributed by atoms with E-state index < -0.39 is 0 Å². The standard InChI is InChI=1S/C19H17BrClN3O2S/c1-10-16(18(25)23-14-8-7-13(21)9-15(14)26-2)17(24-19(27)22-10)11-3-5-12(20)6-4-11/h3-9,17H,1-2H3,(H,23,25)(H2,22,24,27). The monoisotopic (exact) mass is 465 g/mol. The molecule has 1 atom stereocenters. The number of hydrogen-bond acceptors (Lipinski definition) is 3. The summed E-state index contributed by atoms with van der Waals surface area (Å²) in [5, 5.41) is 10.1. The quantitative estimate of drug-likeness (QED) is 0.577. The fourth-order valence-corrected chi connectivity index (χ4v) is 3.56. The van der Waals surface area contributed by atoms with Crippen LogP contribution in [-0.2, 0) is 4.79 Å². The van der Waals surface area contributed by atoms with Crippen LogP contribution in [0.2, 0.25) is 5.02 Å². The van der Waals surface area contributed by atoms with Gasteiger partial charge in [-0.1, -0.05) is 39.7 Å². The number of hydrogen-bond donors (Lipinski definition) is 3. The Balaban J connectivity index is 1.95. The van der Waals surface area contributed by atoms with E-state index in [1.165, 1.54) is 7.11 Å². The van der Waals surface area contributed by atoms with Crippen molar-refractivity contribution in [3.8, 4) is 5.75 Å². The molecule has 0 aliphatic carbocycles. The van der Waals surface area contributed by atoms with Crippen LogP contribution in [0.1, 0.15) is 18.5 Å². The highest BCUT2D eigenvalue weighted by Gasteiger charge is 2.30. The SMILES string of the molecule is COc1cc(Cl)ccc1NC(=O)C1=C(C)NC(=S)NC1c1ccc(Br)cc1. The molecule has 1 aliphatic heterocycles. The van der Waals surface area contributed by atoms with E-state index >= 15 is 0 Å². The summed E-state index contributed by atoms with van der Waals surface area (Å²) in [4.78, 5) is 13.1. The molecule has 0 fully saturated rings. The van der Waals surface area contributed by atoms with Gasteiger partial charge in [0, 0.05) is 21.3 Å². The number of allylic oxidation sites excluding steroid dienone is 1. The molecule has 5 nitrogen and oxygen atoms in total. The summed E-state index contributed by atoms with van der Waals surface area (Å²) in [6.45, 7) is 1.83. The van der Waals surface area contributed by atoms with E-state index in [0.29, 0.717) is 32.8 Å². The van der Waals surface area contributed by atoms with Crippen molar-refractivity contribution in [2.45, 2.75) is 13.0 Å². The lowest BCUT2D eigenvalue weighted by atomic mass is 9.95. The molecule has 2 aromatic rings. The third-order valence-corrected chi connectivity index (χ3v) is 5.11. The molecule has 3 N–H and O–H groups in total. The van der Waals surface area contributed by atoms with Crippen molar-refractivity contribution in [2.75, 3.05) is 12.4 Å². The highest BCUT2D eigenvalue weighted by atomic mass is 79.9. The lowest BCUT2D eigenvalue weighted by molar-refractivity contribution is -0.113. The zero-order valence-corrected chi connectivity index (χ0v) is 17.8. The smallest absolute Gasteiger partial charge is 0.255 e. The van der Waals surface area contributed by atoms with Crippen LogP contribution in [0.4, 0.5) is 5.69 Å². The number of methoxy groups -OCH3 is 1. The predicted octanol–water partition coefficient (Wildman–Crippen LogP) is 4.54. The average molecular weight is 467 g/mol. The first-order chi connectivity index (χ1) is 12.9. The highest BCUT2D eigenvalue weighted by Crippen LogP contribution is 2.32. The van der Waals surface area contributed by atoms with Crippen molar-refractivity contribution in [3.05, 3.63) is 68.8 Å². The van der Waals surface area contributed by atoms with Gasteiger partial charge in [0.15, 0.2) is 5.11 Å². The number of carbonyl (C=O) groups excluding carboxylic acids is 1. The summed E-state index contributed by atoms with van der Waals surface area (Å²) < 4.78 is 6.27. The Hall–Kier alpha value is -2.09. The van der Waals surface area contributed by atoms with Gasteiger partial charge >= 0.3 is 0 Å². The molecule has 0 bridgehead atoms. The van der Waals surface area contributed by atoms with Gasteiger partial charge in [-0.25, -0.2) is 0 Å². The van der Waals surface area contributed by atoms with Crippen LogP contribution in [-0.4, -0.2) is 18.1 Å². The maximum absolute atomic E-state index is 13.1. The second-order valence-corrected chi connectivity index (χ2v) is 7.68. The number of rotatable bonds is 4. The number of halogens is 2. The van der Waals surface area contributed by atoms with Crippen LogP contribution in [0, 0.1) is 0 Å². The molecular weight excluding hydrogens is 450 g/mol. The van der Waals surface area contributed by atoms with E-state index in [1.54, 1.807) is 18.2 Å². The molecule has 0 saturated carbocycles. The molecular formula is C19H17BrClN3O2S. The summed E-state index contributed by atoms with van der Waals surface area (Å²) in [7, 11) is 1.53. The van der Waals surface area contributed by atoms with Gasteiger partial charge in [0.1, 0.15) is 5.75 Å². The largest absolute Gasteiger partial charge is 0.495 e. The third-order valence-electron chi connectivity index (χ3n) is 4.13.